The van der Waals surface area contributed by atoms with Gasteiger partial charge in [-0.1, -0.05) is 18.2 Å². The summed E-state index contributed by atoms with van der Waals surface area (Å²) in [6.45, 7) is 2.54. The third-order valence-corrected chi connectivity index (χ3v) is 7.60. The van der Waals surface area contributed by atoms with E-state index in [0.717, 1.165) is 25.9 Å². The smallest absolute Gasteiger partial charge is 0.299 e. The Labute approximate surface area is 181 Å². The van der Waals surface area contributed by atoms with E-state index in [2.05, 4.69) is 9.62 Å². The maximum Gasteiger partial charge on any atom is 0.328 e. The van der Waals surface area contributed by atoms with E-state index in [4.69, 9.17) is 0 Å². The number of aryl methyl sites for hydroxylation is 2. The average molecular weight is 447 g/mol. The van der Waals surface area contributed by atoms with Gasteiger partial charge in [-0.2, -0.15) is 0 Å². The fourth-order valence-electron chi connectivity index (χ4n) is 4.18. The number of piperidine rings is 1. The zero-order chi connectivity index (χ0) is 22.2. The third-order valence-electron chi connectivity index (χ3n) is 6.17. The summed E-state index contributed by atoms with van der Waals surface area (Å²) in [5.74, 6) is 0.0433. The van der Waals surface area contributed by atoms with Crippen LogP contribution in [0.5, 0.6) is 0 Å². The monoisotopic (exact) mass is 446 g/mol. The maximum absolute atomic E-state index is 13.9. The highest BCUT2D eigenvalue weighted by Gasteiger charge is 2.23. The van der Waals surface area contributed by atoms with Gasteiger partial charge >= 0.3 is 5.69 Å². The molecule has 166 valence electrons. The molecule has 1 aliphatic rings. The summed E-state index contributed by atoms with van der Waals surface area (Å²) in [5.41, 5.74) is 1.76. The van der Waals surface area contributed by atoms with Crippen molar-refractivity contribution in [2.45, 2.75) is 24.3 Å². The van der Waals surface area contributed by atoms with Crippen molar-refractivity contribution in [1.82, 2.24) is 18.8 Å². The highest BCUT2D eigenvalue weighted by molar-refractivity contribution is 7.89. The van der Waals surface area contributed by atoms with Crippen molar-refractivity contribution >= 4 is 21.1 Å². The number of likely N-dealkylation sites (tertiary alicyclic amines) is 1. The molecule has 7 nitrogen and oxygen atoms in total. The van der Waals surface area contributed by atoms with Gasteiger partial charge in [0.2, 0.25) is 10.0 Å². The van der Waals surface area contributed by atoms with Crippen LogP contribution >= 0.6 is 0 Å². The minimum Gasteiger partial charge on any atom is -0.299 e. The molecule has 1 aromatic heterocycles. The number of rotatable bonds is 6. The number of aromatic nitrogens is 2. The highest BCUT2D eigenvalue weighted by Crippen LogP contribution is 2.21. The molecule has 9 heteroatoms. The lowest BCUT2D eigenvalue weighted by atomic mass is 9.97. The van der Waals surface area contributed by atoms with Gasteiger partial charge in [-0.25, -0.2) is 22.3 Å². The molecule has 0 bridgehead atoms. The molecular formula is C22H27FN4O3S. The van der Waals surface area contributed by atoms with E-state index >= 15 is 0 Å². The molecule has 1 saturated heterocycles. The Morgan fingerprint density at radius 1 is 1.03 bits per heavy atom. The van der Waals surface area contributed by atoms with Crippen LogP contribution in [0.15, 0.2) is 52.2 Å². The van der Waals surface area contributed by atoms with Crippen LogP contribution in [0.2, 0.25) is 0 Å². The SMILES string of the molecule is Cn1c(=O)n(C)c2cc(S(=O)(=O)NCC3CCN(Cc4ccccc4F)CC3)ccc21. The second-order valence-electron chi connectivity index (χ2n) is 8.21. The Morgan fingerprint density at radius 3 is 2.42 bits per heavy atom. The number of benzene rings is 2. The molecule has 0 aliphatic carbocycles. The Morgan fingerprint density at radius 2 is 1.71 bits per heavy atom. The predicted molar refractivity (Wildman–Crippen MR) is 118 cm³/mol. The molecule has 1 N–H and O–H groups in total. The molecule has 0 amide bonds. The summed E-state index contributed by atoms with van der Waals surface area (Å²) in [6.07, 6.45) is 1.70. The van der Waals surface area contributed by atoms with Crippen molar-refractivity contribution in [1.29, 1.82) is 0 Å². The largest absolute Gasteiger partial charge is 0.328 e. The molecular weight excluding hydrogens is 419 g/mol. The first kappa shape index (κ1) is 21.7. The fourth-order valence-corrected chi connectivity index (χ4v) is 5.32. The van der Waals surface area contributed by atoms with Crippen LogP contribution in [0, 0.1) is 11.7 Å². The summed E-state index contributed by atoms with van der Waals surface area (Å²) < 4.78 is 45.1. The van der Waals surface area contributed by atoms with Crippen LogP contribution in [0.1, 0.15) is 18.4 Å². The standard InChI is InChI=1S/C22H27FN4O3S/c1-25-20-8-7-18(13-21(20)26(2)22(25)28)31(29,30)24-14-16-9-11-27(12-10-16)15-17-5-3-4-6-19(17)23/h3-8,13,16,24H,9-12,14-15H2,1-2H3. The summed E-state index contributed by atoms with van der Waals surface area (Å²) in [4.78, 5) is 14.4. The first-order chi connectivity index (χ1) is 14.8. The minimum atomic E-state index is -3.68. The topological polar surface area (TPSA) is 76.3 Å². The molecule has 3 aromatic rings. The molecule has 1 aliphatic heterocycles. The number of hydrogen-bond donors (Lipinski definition) is 1. The minimum absolute atomic E-state index is 0.151. The normalized spacial score (nSPS) is 16.2. The molecule has 2 aromatic carbocycles. The van der Waals surface area contributed by atoms with E-state index in [0.29, 0.717) is 29.7 Å². The van der Waals surface area contributed by atoms with Gasteiger partial charge in [0, 0.05) is 32.7 Å². The molecule has 0 saturated carbocycles. The lowest BCUT2D eigenvalue weighted by Crippen LogP contribution is -2.38. The van der Waals surface area contributed by atoms with Crippen molar-refractivity contribution in [3.8, 4) is 0 Å². The van der Waals surface area contributed by atoms with E-state index in [1.54, 1.807) is 32.3 Å². The number of halogens is 1. The van der Waals surface area contributed by atoms with Gasteiger partial charge in [-0.05, 0) is 56.1 Å². The van der Waals surface area contributed by atoms with Crippen LogP contribution < -0.4 is 10.4 Å². The molecule has 31 heavy (non-hydrogen) atoms. The van der Waals surface area contributed by atoms with Gasteiger partial charge < -0.3 is 0 Å². The van der Waals surface area contributed by atoms with Gasteiger partial charge in [-0.15, -0.1) is 0 Å². The van der Waals surface area contributed by atoms with Crippen LogP contribution in [-0.2, 0) is 30.7 Å². The first-order valence-corrected chi connectivity index (χ1v) is 11.9. The van der Waals surface area contributed by atoms with Crippen LogP contribution in [0.25, 0.3) is 11.0 Å². The molecule has 0 atom stereocenters. The number of sulfonamides is 1. The van der Waals surface area contributed by atoms with E-state index < -0.39 is 10.0 Å². The number of imidazole rings is 1. The predicted octanol–water partition coefficient (Wildman–Crippen LogP) is 2.21. The Bertz CT molecular complexity index is 1260. The Hall–Kier alpha value is -2.49. The Kier molecular flexibility index (Phi) is 6.00. The van der Waals surface area contributed by atoms with Crippen LogP contribution in [0.3, 0.4) is 0 Å². The zero-order valence-electron chi connectivity index (χ0n) is 17.7. The van der Waals surface area contributed by atoms with Gasteiger partial charge in [0.25, 0.3) is 0 Å². The number of nitrogens with zero attached hydrogens (tertiary/aromatic N) is 3. The molecule has 4 rings (SSSR count). The zero-order valence-corrected chi connectivity index (χ0v) is 18.5. The van der Waals surface area contributed by atoms with E-state index in [-0.39, 0.29) is 22.3 Å². The first-order valence-electron chi connectivity index (χ1n) is 10.4. The average Bonchev–Trinajstić information content (AvgIpc) is 2.98. The van der Waals surface area contributed by atoms with Crippen molar-refractivity contribution < 1.29 is 12.8 Å². The Balaban J connectivity index is 1.36. The second kappa shape index (κ2) is 8.57. The number of fused-ring (bicyclic) bond motifs is 1. The van der Waals surface area contributed by atoms with Crippen molar-refractivity contribution in [2.24, 2.45) is 20.0 Å². The van der Waals surface area contributed by atoms with Gasteiger partial charge in [0.1, 0.15) is 5.82 Å². The molecule has 2 heterocycles. The van der Waals surface area contributed by atoms with Gasteiger partial charge in [-0.3, -0.25) is 14.0 Å². The number of nitrogens with one attached hydrogen (secondary N) is 1. The van der Waals surface area contributed by atoms with Crippen molar-refractivity contribution in [3.63, 3.8) is 0 Å². The van der Waals surface area contributed by atoms with Gasteiger partial charge in [0.15, 0.2) is 0 Å². The van der Waals surface area contributed by atoms with Crippen molar-refractivity contribution in [2.75, 3.05) is 19.6 Å². The molecule has 1 fully saturated rings. The van der Waals surface area contributed by atoms with Crippen LogP contribution in [-0.4, -0.2) is 42.1 Å². The van der Waals surface area contributed by atoms with E-state index in [9.17, 15) is 17.6 Å². The summed E-state index contributed by atoms with van der Waals surface area (Å²) >= 11 is 0. The third kappa shape index (κ3) is 4.44. The summed E-state index contributed by atoms with van der Waals surface area (Å²) in [5, 5.41) is 0. The second-order valence-corrected chi connectivity index (χ2v) is 9.98. The summed E-state index contributed by atoms with van der Waals surface area (Å²) in [7, 11) is -0.386. The lowest BCUT2D eigenvalue weighted by Gasteiger charge is -2.32. The van der Waals surface area contributed by atoms with E-state index in [1.807, 2.05) is 6.07 Å². The quantitative estimate of drug-likeness (QED) is 0.630. The highest BCUT2D eigenvalue weighted by atomic mass is 32.2. The van der Waals surface area contributed by atoms with E-state index in [1.165, 1.54) is 27.3 Å². The summed E-state index contributed by atoms with van der Waals surface area (Å²) in [6, 6.07) is 11.5. The van der Waals surface area contributed by atoms with Gasteiger partial charge in [0.05, 0.1) is 15.9 Å². The van der Waals surface area contributed by atoms with Crippen molar-refractivity contribution in [3.05, 3.63) is 64.3 Å². The molecule has 0 radical (unpaired) electrons. The maximum atomic E-state index is 13.9. The number of hydrogen-bond acceptors (Lipinski definition) is 4. The fraction of sp³-hybridized carbons (Fsp3) is 0.409. The van der Waals surface area contributed by atoms with Crippen LogP contribution in [0.4, 0.5) is 4.39 Å². The molecule has 0 spiro atoms. The lowest BCUT2D eigenvalue weighted by molar-refractivity contribution is 0.177. The molecule has 0 unspecified atom stereocenters.